The molecule has 0 spiro atoms. The number of nitrogens with two attached hydrogens (primary N) is 1. The Morgan fingerprint density at radius 1 is 1.56 bits per heavy atom. The van der Waals surface area contributed by atoms with Crippen molar-refractivity contribution in [1.82, 2.24) is 0 Å². The first-order valence-electron chi connectivity index (χ1n) is 4.88. The number of azide groups is 1. The molecule has 5 heteroatoms. The van der Waals surface area contributed by atoms with E-state index in [2.05, 4.69) is 10.0 Å². The quantitative estimate of drug-likeness (QED) is 0.272. The second kappa shape index (κ2) is 5.78. The third-order valence-electron chi connectivity index (χ3n) is 2.14. The molecule has 0 saturated heterocycles. The molecular weight excluding hydrogens is 207 g/mol. The summed E-state index contributed by atoms with van der Waals surface area (Å²) >= 11 is 0. The maximum absolute atomic E-state index is 13.1. The Labute approximate surface area is 93.2 Å². The van der Waals surface area contributed by atoms with Crippen molar-refractivity contribution in [3.05, 3.63) is 45.6 Å². The summed E-state index contributed by atoms with van der Waals surface area (Å²) < 4.78 is 13.1. The van der Waals surface area contributed by atoms with E-state index in [1.54, 1.807) is 19.1 Å². The molecular formula is C11H13FN4. The molecule has 0 atom stereocenters. The molecule has 2 N–H and O–H groups in total. The lowest BCUT2D eigenvalue weighted by atomic mass is 10.1. The van der Waals surface area contributed by atoms with E-state index >= 15 is 0 Å². The van der Waals surface area contributed by atoms with Crippen LogP contribution in [0.15, 0.2) is 23.3 Å². The van der Waals surface area contributed by atoms with Crippen molar-refractivity contribution in [3.63, 3.8) is 0 Å². The number of hydrogen-bond acceptors (Lipinski definition) is 2. The van der Waals surface area contributed by atoms with Gasteiger partial charge in [0.25, 0.3) is 0 Å². The van der Waals surface area contributed by atoms with Crippen LogP contribution < -0.4 is 5.73 Å². The van der Waals surface area contributed by atoms with Gasteiger partial charge in [0.15, 0.2) is 0 Å². The van der Waals surface area contributed by atoms with E-state index in [9.17, 15) is 4.39 Å². The summed E-state index contributed by atoms with van der Waals surface area (Å²) in [4.78, 5) is 2.63. The number of nitrogens with zero attached hydrogens (tertiary/aromatic N) is 3. The predicted molar refractivity (Wildman–Crippen MR) is 63.2 cm³/mol. The minimum absolute atomic E-state index is 0.304. The topological polar surface area (TPSA) is 74.8 Å². The third kappa shape index (κ3) is 3.29. The second-order valence-corrected chi connectivity index (χ2v) is 3.37. The molecule has 0 bridgehead atoms. The van der Waals surface area contributed by atoms with Gasteiger partial charge in [0.1, 0.15) is 5.82 Å². The van der Waals surface area contributed by atoms with Gasteiger partial charge in [-0.2, -0.15) is 0 Å². The molecule has 1 aromatic rings. The van der Waals surface area contributed by atoms with Gasteiger partial charge in [-0.25, -0.2) is 4.39 Å². The smallest absolute Gasteiger partial charge is 0.124 e. The highest BCUT2D eigenvalue weighted by Crippen LogP contribution is 2.20. The van der Waals surface area contributed by atoms with Crippen molar-refractivity contribution in [1.29, 1.82) is 0 Å². The van der Waals surface area contributed by atoms with Crippen molar-refractivity contribution in [2.75, 3.05) is 12.3 Å². The largest absolute Gasteiger partial charge is 0.398 e. The summed E-state index contributed by atoms with van der Waals surface area (Å²) in [6.45, 7) is 2.15. The van der Waals surface area contributed by atoms with Gasteiger partial charge >= 0.3 is 0 Å². The maximum Gasteiger partial charge on any atom is 0.124 e. The van der Waals surface area contributed by atoms with Crippen molar-refractivity contribution in [2.24, 2.45) is 5.11 Å². The first kappa shape index (κ1) is 12.1. The fourth-order valence-corrected chi connectivity index (χ4v) is 1.31. The lowest BCUT2D eigenvalue weighted by molar-refractivity contribution is 0.626. The van der Waals surface area contributed by atoms with Crippen LogP contribution in [0.25, 0.3) is 16.5 Å². The summed E-state index contributed by atoms with van der Waals surface area (Å²) in [5.74, 6) is -0.304. The molecule has 0 unspecified atom stereocenters. The van der Waals surface area contributed by atoms with Gasteiger partial charge in [0.05, 0.1) is 0 Å². The van der Waals surface area contributed by atoms with Crippen LogP contribution in [-0.2, 0) is 0 Å². The van der Waals surface area contributed by atoms with Gasteiger partial charge in [-0.3, -0.25) is 0 Å². The monoisotopic (exact) mass is 220 g/mol. The van der Waals surface area contributed by atoms with E-state index in [1.165, 1.54) is 12.1 Å². The summed E-state index contributed by atoms with van der Waals surface area (Å²) in [6, 6.07) is 2.78. The molecule has 0 aliphatic heterocycles. The van der Waals surface area contributed by atoms with Crippen molar-refractivity contribution in [2.45, 2.75) is 13.3 Å². The van der Waals surface area contributed by atoms with E-state index in [0.29, 0.717) is 24.2 Å². The number of anilines is 1. The molecule has 0 aliphatic carbocycles. The third-order valence-corrected chi connectivity index (χ3v) is 2.14. The highest BCUT2D eigenvalue weighted by Gasteiger charge is 2.01. The van der Waals surface area contributed by atoms with Gasteiger partial charge in [-0.05, 0) is 36.6 Å². The lowest BCUT2D eigenvalue weighted by Crippen LogP contribution is -1.94. The van der Waals surface area contributed by atoms with Crippen LogP contribution in [0.3, 0.4) is 0 Å². The Kier molecular flexibility index (Phi) is 4.36. The predicted octanol–water partition coefficient (Wildman–Crippen LogP) is 3.43. The Morgan fingerprint density at radius 2 is 2.31 bits per heavy atom. The van der Waals surface area contributed by atoms with Gasteiger partial charge in [0.2, 0.25) is 0 Å². The highest BCUT2D eigenvalue weighted by molar-refractivity contribution is 5.67. The van der Waals surface area contributed by atoms with Crippen LogP contribution in [0.1, 0.15) is 17.5 Å². The van der Waals surface area contributed by atoms with Crippen LogP contribution in [0, 0.1) is 12.7 Å². The maximum atomic E-state index is 13.1. The Morgan fingerprint density at radius 3 is 3.00 bits per heavy atom. The average Bonchev–Trinajstić information content (AvgIpc) is 2.24. The van der Waals surface area contributed by atoms with E-state index < -0.39 is 0 Å². The van der Waals surface area contributed by atoms with Crippen molar-refractivity contribution in [3.8, 4) is 0 Å². The normalized spacial score (nSPS) is 10.4. The second-order valence-electron chi connectivity index (χ2n) is 3.37. The summed E-state index contributed by atoms with van der Waals surface area (Å²) in [6.07, 6.45) is 4.15. The zero-order chi connectivity index (χ0) is 12.0. The number of rotatable bonds is 4. The van der Waals surface area contributed by atoms with Gasteiger partial charge < -0.3 is 5.73 Å². The molecule has 1 rings (SSSR count). The minimum Gasteiger partial charge on any atom is -0.398 e. The van der Waals surface area contributed by atoms with Crippen LogP contribution >= 0.6 is 0 Å². The van der Waals surface area contributed by atoms with E-state index in [-0.39, 0.29) is 5.82 Å². The van der Waals surface area contributed by atoms with Crippen LogP contribution in [0.4, 0.5) is 10.1 Å². The standard InChI is InChI=1S/C11H13FN4/c1-8-6-10(12)7-9(11(8)13)4-2-3-5-15-16-14/h2,4,6-7H,3,5,13H2,1H3. The van der Waals surface area contributed by atoms with E-state index in [4.69, 9.17) is 11.3 Å². The number of halogens is 1. The lowest BCUT2D eigenvalue weighted by Gasteiger charge is -2.04. The molecule has 84 valence electrons. The summed E-state index contributed by atoms with van der Waals surface area (Å²) in [5.41, 5.74) is 15.8. The molecule has 0 saturated carbocycles. The Bertz CT molecular complexity index is 448. The van der Waals surface area contributed by atoms with Crippen LogP contribution in [0.2, 0.25) is 0 Å². The molecule has 0 amide bonds. The zero-order valence-electron chi connectivity index (χ0n) is 9.02. The number of hydrogen-bond donors (Lipinski definition) is 1. The Balaban J connectivity index is 2.76. The minimum atomic E-state index is -0.304. The SMILES string of the molecule is Cc1cc(F)cc(C=CCCN=[N+]=[N-])c1N. The molecule has 1 aromatic carbocycles. The summed E-state index contributed by atoms with van der Waals surface area (Å²) in [7, 11) is 0. The van der Waals surface area contributed by atoms with Gasteiger partial charge in [-0.1, -0.05) is 17.3 Å². The first-order chi connectivity index (χ1) is 7.65. The summed E-state index contributed by atoms with van der Waals surface area (Å²) in [5, 5.41) is 3.38. The van der Waals surface area contributed by atoms with E-state index in [0.717, 1.165) is 5.56 Å². The number of nitrogen functional groups attached to an aromatic ring is 1. The molecule has 0 aliphatic rings. The fraction of sp³-hybridized carbons (Fsp3) is 0.273. The Hall–Kier alpha value is -2.00. The average molecular weight is 220 g/mol. The van der Waals surface area contributed by atoms with Crippen molar-refractivity contribution < 1.29 is 4.39 Å². The zero-order valence-corrected chi connectivity index (χ0v) is 9.02. The molecule has 0 heterocycles. The number of aryl methyl sites for hydroxylation is 1. The first-order valence-corrected chi connectivity index (χ1v) is 4.88. The fourth-order valence-electron chi connectivity index (χ4n) is 1.31. The van der Waals surface area contributed by atoms with Gasteiger partial charge in [-0.15, -0.1) is 0 Å². The molecule has 0 aromatic heterocycles. The van der Waals surface area contributed by atoms with E-state index in [1.807, 2.05) is 0 Å². The molecule has 0 radical (unpaired) electrons. The molecule has 4 nitrogen and oxygen atoms in total. The molecule has 0 fully saturated rings. The number of benzene rings is 1. The van der Waals surface area contributed by atoms with Crippen LogP contribution in [-0.4, -0.2) is 6.54 Å². The van der Waals surface area contributed by atoms with Gasteiger partial charge in [0, 0.05) is 22.7 Å². The van der Waals surface area contributed by atoms with Crippen molar-refractivity contribution >= 4 is 11.8 Å². The van der Waals surface area contributed by atoms with Crippen LogP contribution in [0.5, 0.6) is 0 Å². The molecule has 16 heavy (non-hydrogen) atoms. The highest BCUT2D eigenvalue weighted by atomic mass is 19.1.